The first-order valence-electron chi connectivity index (χ1n) is 7.67. The molecule has 21 heavy (non-hydrogen) atoms. The van der Waals surface area contributed by atoms with Gasteiger partial charge in [0.25, 0.3) is 0 Å². The van der Waals surface area contributed by atoms with E-state index in [0.29, 0.717) is 6.42 Å². The molecule has 0 saturated carbocycles. The Labute approximate surface area is 128 Å². The van der Waals surface area contributed by atoms with Gasteiger partial charge in [0.15, 0.2) is 0 Å². The number of benzene rings is 1. The predicted molar refractivity (Wildman–Crippen MR) is 87.9 cm³/mol. The SMILES string of the molecule is CCCC(C)(N)C(=O)NC(C)CN(C)Cc1ccccc1. The van der Waals surface area contributed by atoms with Crippen molar-refractivity contribution < 1.29 is 4.79 Å². The highest BCUT2D eigenvalue weighted by atomic mass is 16.2. The molecule has 0 saturated heterocycles. The van der Waals surface area contributed by atoms with E-state index in [-0.39, 0.29) is 11.9 Å². The molecule has 2 unspecified atom stereocenters. The van der Waals surface area contributed by atoms with Crippen molar-refractivity contribution in [1.29, 1.82) is 0 Å². The van der Waals surface area contributed by atoms with E-state index in [0.717, 1.165) is 19.5 Å². The van der Waals surface area contributed by atoms with Crippen LogP contribution in [0.1, 0.15) is 39.2 Å². The van der Waals surface area contributed by atoms with Crippen LogP contribution < -0.4 is 11.1 Å². The van der Waals surface area contributed by atoms with E-state index in [1.54, 1.807) is 6.92 Å². The summed E-state index contributed by atoms with van der Waals surface area (Å²) in [5.41, 5.74) is 6.54. The van der Waals surface area contributed by atoms with Gasteiger partial charge in [0.05, 0.1) is 5.54 Å². The second-order valence-corrected chi connectivity index (χ2v) is 6.22. The lowest BCUT2D eigenvalue weighted by molar-refractivity contribution is -0.126. The van der Waals surface area contributed by atoms with E-state index in [1.165, 1.54) is 5.56 Å². The summed E-state index contributed by atoms with van der Waals surface area (Å²) in [6.45, 7) is 7.52. The van der Waals surface area contributed by atoms with Crippen LogP contribution in [-0.4, -0.2) is 36.0 Å². The molecule has 1 aromatic carbocycles. The molecule has 2 atom stereocenters. The van der Waals surface area contributed by atoms with E-state index in [4.69, 9.17) is 5.73 Å². The largest absolute Gasteiger partial charge is 0.351 e. The van der Waals surface area contributed by atoms with Crippen LogP contribution >= 0.6 is 0 Å². The van der Waals surface area contributed by atoms with Gasteiger partial charge in [0.2, 0.25) is 5.91 Å². The maximum absolute atomic E-state index is 12.2. The zero-order chi connectivity index (χ0) is 15.9. The van der Waals surface area contributed by atoms with E-state index >= 15 is 0 Å². The minimum atomic E-state index is -0.777. The molecule has 0 bridgehead atoms. The van der Waals surface area contributed by atoms with Gasteiger partial charge in [-0.25, -0.2) is 0 Å². The van der Waals surface area contributed by atoms with Gasteiger partial charge in [-0.05, 0) is 32.9 Å². The molecule has 0 fully saturated rings. The predicted octanol–water partition coefficient (Wildman–Crippen LogP) is 2.14. The third-order valence-corrected chi connectivity index (χ3v) is 3.55. The number of hydrogen-bond donors (Lipinski definition) is 2. The number of nitrogens with one attached hydrogen (secondary N) is 1. The number of likely N-dealkylation sites (N-methyl/N-ethyl adjacent to an activating group) is 1. The number of hydrogen-bond acceptors (Lipinski definition) is 3. The van der Waals surface area contributed by atoms with Crippen LogP contribution in [0.4, 0.5) is 0 Å². The molecule has 1 amide bonds. The maximum Gasteiger partial charge on any atom is 0.240 e. The Hall–Kier alpha value is -1.39. The average Bonchev–Trinajstić information content (AvgIpc) is 2.39. The lowest BCUT2D eigenvalue weighted by atomic mass is 9.96. The summed E-state index contributed by atoms with van der Waals surface area (Å²) >= 11 is 0. The summed E-state index contributed by atoms with van der Waals surface area (Å²) in [6, 6.07) is 10.4. The number of nitrogens with zero attached hydrogens (tertiary/aromatic N) is 1. The second-order valence-electron chi connectivity index (χ2n) is 6.22. The summed E-state index contributed by atoms with van der Waals surface area (Å²) in [5.74, 6) is -0.0649. The Balaban J connectivity index is 2.42. The normalized spacial score (nSPS) is 15.5. The first kappa shape index (κ1) is 17.7. The van der Waals surface area contributed by atoms with Crippen molar-refractivity contribution in [1.82, 2.24) is 10.2 Å². The highest BCUT2D eigenvalue weighted by molar-refractivity contribution is 5.85. The average molecular weight is 291 g/mol. The Morgan fingerprint density at radius 2 is 2.00 bits per heavy atom. The monoisotopic (exact) mass is 291 g/mol. The third-order valence-electron chi connectivity index (χ3n) is 3.55. The van der Waals surface area contributed by atoms with Crippen LogP contribution in [0.25, 0.3) is 0 Å². The first-order valence-corrected chi connectivity index (χ1v) is 7.67. The quantitative estimate of drug-likeness (QED) is 0.771. The van der Waals surface area contributed by atoms with Crippen molar-refractivity contribution in [2.24, 2.45) is 5.73 Å². The van der Waals surface area contributed by atoms with Gasteiger partial charge in [-0.3, -0.25) is 4.79 Å². The standard InChI is InChI=1S/C17H29N3O/c1-5-11-17(3,18)16(21)19-14(2)12-20(4)13-15-9-7-6-8-10-15/h6-10,14H,5,11-13,18H2,1-4H3,(H,19,21). The van der Waals surface area contributed by atoms with Gasteiger partial charge in [-0.1, -0.05) is 43.7 Å². The Morgan fingerprint density at radius 1 is 1.38 bits per heavy atom. The summed E-state index contributed by atoms with van der Waals surface area (Å²) < 4.78 is 0. The van der Waals surface area contributed by atoms with Crippen LogP contribution in [0, 0.1) is 0 Å². The van der Waals surface area contributed by atoms with Crippen molar-refractivity contribution in [3.8, 4) is 0 Å². The fourth-order valence-electron chi connectivity index (χ4n) is 2.49. The van der Waals surface area contributed by atoms with Gasteiger partial charge in [0, 0.05) is 19.1 Å². The second kappa shape index (κ2) is 8.15. The molecule has 0 aliphatic carbocycles. The molecule has 118 valence electrons. The van der Waals surface area contributed by atoms with Crippen molar-refractivity contribution in [2.45, 2.75) is 51.7 Å². The summed E-state index contributed by atoms with van der Waals surface area (Å²) in [4.78, 5) is 14.4. The molecule has 0 heterocycles. The number of carbonyl (C=O) groups is 1. The van der Waals surface area contributed by atoms with Gasteiger partial charge < -0.3 is 16.0 Å². The molecule has 0 spiro atoms. The molecular formula is C17H29N3O. The smallest absolute Gasteiger partial charge is 0.240 e. The highest BCUT2D eigenvalue weighted by Crippen LogP contribution is 2.09. The van der Waals surface area contributed by atoms with Crippen LogP contribution in [-0.2, 0) is 11.3 Å². The minimum absolute atomic E-state index is 0.0649. The van der Waals surface area contributed by atoms with E-state index in [9.17, 15) is 4.79 Å². The fraction of sp³-hybridized carbons (Fsp3) is 0.588. The summed E-state index contributed by atoms with van der Waals surface area (Å²) in [6.07, 6.45) is 1.61. The molecule has 1 rings (SSSR count). The van der Waals surface area contributed by atoms with Gasteiger partial charge in [-0.15, -0.1) is 0 Å². The third kappa shape index (κ3) is 6.27. The fourth-order valence-corrected chi connectivity index (χ4v) is 2.49. The number of rotatable bonds is 8. The van der Waals surface area contributed by atoms with Crippen LogP contribution in [0.5, 0.6) is 0 Å². The van der Waals surface area contributed by atoms with E-state index in [1.807, 2.05) is 32.0 Å². The Kier molecular flexibility index (Phi) is 6.85. The molecule has 0 aromatic heterocycles. The Morgan fingerprint density at radius 3 is 2.57 bits per heavy atom. The van der Waals surface area contributed by atoms with Crippen molar-refractivity contribution >= 4 is 5.91 Å². The number of carbonyl (C=O) groups excluding carboxylic acids is 1. The van der Waals surface area contributed by atoms with Gasteiger partial charge in [-0.2, -0.15) is 0 Å². The number of nitrogens with two attached hydrogens (primary N) is 1. The molecular weight excluding hydrogens is 262 g/mol. The van der Waals surface area contributed by atoms with Gasteiger partial charge in [0.1, 0.15) is 0 Å². The van der Waals surface area contributed by atoms with Crippen molar-refractivity contribution in [2.75, 3.05) is 13.6 Å². The molecule has 0 aliphatic rings. The minimum Gasteiger partial charge on any atom is -0.351 e. The van der Waals surface area contributed by atoms with Crippen LogP contribution in [0.3, 0.4) is 0 Å². The van der Waals surface area contributed by atoms with Crippen LogP contribution in [0.2, 0.25) is 0 Å². The Bertz CT molecular complexity index is 431. The van der Waals surface area contributed by atoms with Gasteiger partial charge >= 0.3 is 0 Å². The maximum atomic E-state index is 12.2. The summed E-state index contributed by atoms with van der Waals surface area (Å²) in [7, 11) is 2.06. The van der Waals surface area contributed by atoms with Crippen LogP contribution in [0.15, 0.2) is 30.3 Å². The molecule has 3 N–H and O–H groups in total. The lowest BCUT2D eigenvalue weighted by Gasteiger charge is -2.27. The molecule has 0 aliphatic heterocycles. The van der Waals surface area contributed by atoms with E-state index < -0.39 is 5.54 Å². The van der Waals surface area contributed by atoms with Crippen molar-refractivity contribution in [3.63, 3.8) is 0 Å². The first-order chi connectivity index (χ1) is 9.85. The number of amides is 1. The van der Waals surface area contributed by atoms with Crippen molar-refractivity contribution in [3.05, 3.63) is 35.9 Å². The topological polar surface area (TPSA) is 58.4 Å². The molecule has 1 aromatic rings. The highest BCUT2D eigenvalue weighted by Gasteiger charge is 2.28. The zero-order valence-electron chi connectivity index (χ0n) is 13.7. The molecule has 4 nitrogen and oxygen atoms in total. The van der Waals surface area contributed by atoms with E-state index in [2.05, 4.69) is 29.4 Å². The summed E-state index contributed by atoms with van der Waals surface area (Å²) in [5, 5.41) is 3.02. The molecule has 0 radical (unpaired) electrons. The molecule has 4 heteroatoms. The zero-order valence-corrected chi connectivity index (χ0v) is 13.7. The lowest BCUT2D eigenvalue weighted by Crippen LogP contribution is -2.55.